The lowest BCUT2D eigenvalue weighted by molar-refractivity contribution is -0.0956. The van der Waals surface area contributed by atoms with Crippen molar-refractivity contribution in [2.24, 2.45) is 0 Å². The molecule has 0 amide bonds. The van der Waals surface area contributed by atoms with E-state index in [1.54, 1.807) is 11.3 Å². The van der Waals surface area contributed by atoms with E-state index in [1.807, 2.05) is 0 Å². The van der Waals surface area contributed by atoms with Crippen LogP contribution in [0, 0.1) is 6.16 Å². The van der Waals surface area contributed by atoms with Crippen molar-refractivity contribution < 1.29 is 14.1 Å². The van der Waals surface area contributed by atoms with E-state index in [-0.39, 0.29) is 18.2 Å². The molecule has 2 saturated heterocycles. The third-order valence-corrected chi connectivity index (χ3v) is 19.2. The molecule has 0 saturated carbocycles. The van der Waals surface area contributed by atoms with E-state index >= 15 is 4.21 Å². The van der Waals surface area contributed by atoms with E-state index in [0.717, 1.165) is 58.0 Å². The Hall–Kier alpha value is -1.05. The number of hydrogen-bond acceptors (Lipinski definition) is 4. The summed E-state index contributed by atoms with van der Waals surface area (Å²) in [5.41, 5.74) is 4.76. The van der Waals surface area contributed by atoms with E-state index < -0.39 is 20.7 Å². The molecule has 8 rings (SSSR count). The second-order valence-corrected chi connectivity index (χ2v) is 20.0. The van der Waals surface area contributed by atoms with E-state index in [1.165, 1.54) is 16.8 Å². The van der Waals surface area contributed by atoms with Crippen LogP contribution in [-0.2, 0) is 27.1 Å². The second kappa shape index (κ2) is 7.98. The molecule has 0 aliphatic carbocycles. The predicted octanol–water partition coefficient (Wildman–Crippen LogP) is 5.13. The number of aliphatic hydroxyl groups is 1. The average Bonchev–Trinajstić information content (AvgIpc) is 3.43. The first-order valence-corrected chi connectivity index (χ1v) is 17.5. The van der Waals surface area contributed by atoms with Gasteiger partial charge >= 0.3 is 0 Å². The van der Waals surface area contributed by atoms with E-state index in [2.05, 4.69) is 60.4 Å². The molecule has 192 valence electrons. The highest BCUT2D eigenvalue weighted by Crippen LogP contribution is 2.56. The summed E-state index contributed by atoms with van der Waals surface area (Å²) in [6.45, 7) is 8.39. The number of anilines is 1. The standard InChI is InChI=1S/C27H32ClN2O3PS2/c1-26(2,3)36(32)30-13-19(12-27(30)15-33-16-27)29-7-4-5-17-9-18(28)10-22(24(17)29)21-6-8-34(36)23-11-20(14-31)35-25(21)23/h6,8-11,19,31H,4-5,7,12-16H2,1-3H3. The summed E-state index contributed by atoms with van der Waals surface area (Å²) in [5.74, 6) is 0. The lowest BCUT2D eigenvalue weighted by Gasteiger charge is -2.48. The molecule has 0 radical (unpaired) electrons. The zero-order valence-corrected chi connectivity index (χ0v) is 24.2. The Labute approximate surface area is 223 Å². The third kappa shape index (κ3) is 3.11. The third-order valence-electron chi connectivity index (χ3n) is 8.42. The number of allylic oxidation sites excluding steroid dienone is 1. The van der Waals surface area contributed by atoms with Gasteiger partial charge in [0.25, 0.3) is 0 Å². The zero-order chi connectivity index (χ0) is 25.0. The number of hydrogen-bond donors (Lipinski definition) is 1. The van der Waals surface area contributed by atoms with Crippen LogP contribution in [0.5, 0.6) is 0 Å². The van der Waals surface area contributed by atoms with Gasteiger partial charge in [-0.3, -0.25) is 0 Å². The van der Waals surface area contributed by atoms with Gasteiger partial charge in [-0.25, -0.2) is 4.21 Å². The highest BCUT2D eigenvalue weighted by molar-refractivity contribution is 8.32. The number of thiophene rings is 1. The van der Waals surface area contributed by atoms with Gasteiger partial charge in [0.15, 0.2) is 9.30 Å². The molecule has 9 heteroatoms. The smallest absolute Gasteiger partial charge is 0.159 e. The molecular weight excluding hydrogens is 531 g/mol. The van der Waals surface area contributed by atoms with Crippen molar-refractivity contribution in [3.05, 3.63) is 56.3 Å². The van der Waals surface area contributed by atoms with Crippen molar-refractivity contribution in [3.63, 3.8) is 0 Å². The molecule has 2 aromatic rings. The lowest BCUT2D eigenvalue weighted by Crippen LogP contribution is -2.62. The molecule has 1 aromatic carbocycles. The summed E-state index contributed by atoms with van der Waals surface area (Å²) >= 11 is 8.37. The molecular formula is C27H32ClN2O3PS2. The van der Waals surface area contributed by atoms with Gasteiger partial charge in [-0.05, 0) is 57.8 Å². The number of nitrogens with zero attached hydrogens (tertiary/aromatic N) is 2. The van der Waals surface area contributed by atoms with Crippen LogP contribution in [0.1, 0.15) is 54.5 Å². The number of aliphatic hydroxyl groups excluding tert-OH is 1. The molecule has 36 heavy (non-hydrogen) atoms. The summed E-state index contributed by atoms with van der Waals surface area (Å²) in [6.07, 6.45) is 7.56. The Kier molecular flexibility index (Phi) is 5.33. The molecule has 6 aliphatic heterocycles. The predicted molar refractivity (Wildman–Crippen MR) is 152 cm³/mol. The highest BCUT2D eigenvalue weighted by atomic mass is 35.5. The normalized spacial score (nSPS) is 30.8. The summed E-state index contributed by atoms with van der Waals surface area (Å²) in [7, 11) is -2.53. The minimum absolute atomic E-state index is 0.00578. The van der Waals surface area contributed by atoms with Crippen LogP contribution in [0.25, 0.3) is 5.57 Å². The summed E-state index contributed by atoms with van der Waals surface area (Å²) < 4.78 is 23.6. The quantitative estimate of drug-likeness (QED) is 0.297. The summed E-state index contributed by atoms with van der Waals surface area (Å²) in [5, 5.41) is 12.0. The van der Waals surface area contributed by atoms with E-state index in [0.29, 0.717) is 13.2 Å². The Morgan fingerprint density at radius 1 is 1.39 bits per heavy atom. The largest absolute Gasteiger partial charge is 0.399 e. The Balaban J connectivity index is 1.62. The Morgan fingerprint density at radius 3 is 2.89 bits per heavy atom. The molecule has 2 fully saturated rings. The van der Waals surface area contributed by atoms with Crippen LogP contribution in [0.3, 0.4) is 0 Å². The Morgan fingerprint density at radius 2 is 2.19 bits per heavy atom. The van der Waals surface area contributed by atoms with Crippen molar-refractivity contribution in [3.8, 4) is 0 Å². The number of fused-ring (bicyclic) bond motifs is 1. The summed E-state index contributed by atoms with van der Waals surface area (Å²) in [6, 6.07) is 6.69. The van der Waals surface area contributed by atoms with E-state index in [9.17, 15) is 5.11 Å². The monoisotopic (exact) mass is 562 g/mol. The van der Waals surface area contributed by atoms with Gasteiger partial charge in [-0.1, -0.05) is 29.3 Å². The van der Waals surface area contributed by atoms with Crippen molar-refractivity contribution in [2.45, 2.75) is 63.0 Å². The van der Waals surface area contributed by atoms with Gasteiger partial charge in [0.05, 0.1) is 58.3 Å². The fourth-order valence-electron chi connectivity index (χ4n) is 6.79. The van der Waals surface area contributed by atoms with Crippen LogP contribution in [-0.4, -0.2) is 56.3 Å². The molecule has 1 aromatic heterocycles. The van der Waals surface area contributed by atoms with E-state index in [4.69, 9.17) is 16.3 Å². The van der Waals surface area contributed by atoms with Gasteiger partial charge < -0.3 is 14.7 Å². The molecule has 4 atom stereocenters. The minimum Gasteiger partial charge on any atom is -0.399 e. The van der Waals surface area contributed by atoms with Gasteiger partial charge in [0.2, 0.25) is 0 Å². The van der Waals surface area contributed by atoms with Gasteiger partial charge in [0, 0.05) is 29.8 Å². The first-order chi connectivity index (χ1) is 17.2. The number of aryl methyl sites for hydroxylation is 1. The highest BCUT2D eigenvalue weighted by Gasteiger charge is 2.60. The van der Waals surface area contributed by atoms with Crippen molar-refractivity contribution in [1.29, 1.82) is 0 Å². The molecule has 4 unspecified atom stereocenters. The van der Waals surface area contributed by atoms with Crippen LogP contribution in [0.4, 0.5) is 5.69 Å². The van der Waals surface area contributed by atoms with Crippen LogP contribution >= 0.6 is 29.6 Å². The van der Waals surface area contributed by atoms with Crippen LogP contribution in [0.15, 0.2) is 24.3 Å². The van der Waals surface area contributed by atoms with Gasteiger partial charge in [-0.2, -0.15) is 16.0 Å². The Bertz CT molecular complexity index is 1450. The van der Waals surface area contributed by atoms with Crippen molar-refractivity contribution >= 4 is 55.5 Å². The SMILES string of the molecule is CC(C)(C)S1(=O)=[P+]2[CH-]C=C(c3cc(Cl)cc4c3N(CCC4)C3CN1C1(COC1)C3)c1[s+][c-](CO)cc12. The number of rotatable bonds is 1. The minimum atomic E-state index is -2.53. The molecule has 5 nitrogen and oxygen atoms in total. The first-order valence-electron chi connectivity index (χ1n) is 12.7. The van der Waals surface area contributed by atoms with Crippen molar-refractivity contribution in [1.82, 2.24) is 4.31 Å². The maximum Gasteiger partial charge on any atom is 0.159 e. The second-order valence-electron chi connectivity index (χ2n) is 11.6. The van der Waals surface area contributed by atoms with Gasteiger partial charge in [0.1, 0.15) is 4.88 Å². The number of ether oxygens (including phenoxy) is 1. The lowest BCUT2D eigenvalue weighted by atomic mass is 9.89. The number of halogens is 1. The molecule has 7 heterocycles. The topological polar surface area (TPSA) is 53.0 Å². The fraction of sp³-hybridized carbons (Fsp3) is 0.519. The van der Waals surface area contributed by atoms with Gasteiger partial charge in [-0.15, -0.1) is 0 Å². The van der Waals surface area contributed by atoms with Crippen molar-refractivity contribution in [2.75, 3.05) is 31.2 Å². The number of benzene rings is 1. The fourth-order valence-corrected chi connectivity index (χ4v) is 17.7. The average molecular weight is 563 g/mol. The first kappa shape index (κ1) is 24.0. The molecule has 4 bridgehead atoms. The van der Waals surface area contributed by atoms with Crippen LogP contribution in [0.2, 0.25) is 5.02 Å². The zero-order valence-electron chi connectivity index (χ0n) is 20.9. The summed E-state index contributed by atoms with van der Waals surface area (Å²) in [4.78, 5) is 4.69. The maximum atomic E-state index is 15.8. The molecule has 6 aliphatic rings. The molecule has 1 N–H and O–H groups in total. The maximum absolute atomic E-state index is 15.8. The molecule has 1 spiro atoms. The van der Waals surface area contributed by atoms with Crippen LogP contribution < -0.4 is 10.2 Å².